The van der Waals surface area contributed by atoms with Crippen LogP contribution in [-0.2, 0) is 27.2 Å². The predicted octanol–water partition coefficient (Wildman–Crippen LogP) is -1.61. The van der Waals surface area contributed by atoms with Crippen molar-refractivity contribution >= 4 is 5.97 Å². The Balaban J connectivity index is 0. The summed E-state index contributed by atoms with van der Waals surface area (Å²) in [7, 11) is 0. The number of aliphatic hydroxyl groups excluding tert-OH is 1. The zero-order valence-corrected chi connectivity index (χ0v) is 5.45. The molecule has 0 fully saturated rings. The molecule has 0 aromatic heterocycles. The summed E-state index contributed by atoms with van der Waals surface area (Å²) in [6.45, 7) is -0.505. The summed E-state index contributed by atoms with van der Waals surface area (Å²) in [6, 6.07) is -1.13. The molecule has 1 radical (unpaired) electrons. The van der Waals surface area contributed by atoms with Gasteiger partial charge in [-0.3, -0.25) is 4.79 Å². The SMILES string of the molecule is N[C@@H](CO)C(=O)O.[Ag]. The van der Waals surface area contributed by atoms with Crippen molar-refractivity contribution in [2.45, 2.75) is 6.04 Å². The molecule has 0 saturated heterocycles. The van der Waals surface area contributed by atoms with Crippen molar-refractivity contribution in [2.24, 2.45) is 5.73 Å². The summed E-state index contributed by atoms with van der Waals surface area (Å²) in [5, 5.41) is 15.9. The van der Waals surface area contributed by atoms with Gasteiger partial charge in [-0.2, -0.15) is 0 Å². The average Bonchev–Trinajstić information content (AvgIpc) is 1.65. The number of aliphatic carboxylic acids is 1. The van der Waals surface area contributed by atoms with Gasteiger partial charge in [0.05, 0.1) is 6.61 Å². The van der Waals surface area contributed by atoms with E-state index in [4.69, 9.17) is 15.9 Å². The van der Waals surface area contributed by atoms with E-state index in [-0.39, 0.29) is 22.4 Å². The van der Waals surface area contributed by atoms with Gasteiger partial charge in [0.2, 0.25) is 0 Å². The third kappa shape index (κ3) is 4.29. The number of aliphatic hydroxyl groups is 1. The molecule has 0 unspecified atom stereocenters. The fourth-order valence-corrected chi connectivity index (χ4v) is 0.0781. The second-order valence-corrected chi connectivity index (χ2v) is 1.13. The molecule has 0 aromatic rings. The van der Waals surface area contributed by atoms with Crippen LogP contribution in [0.4, 0.5) is 0 Å². The summed E-state index contributed by atoms with van der Waals surface area (Å²) in [5.74, 6) is -1.18. The fourth-order valence-electron chi connectivity index (χ4n) is 0.0781. The maximum Gasteiger partial charge on any atom is 0.322 e. The number of rotatable bonds is 2. The molecular weight excluding hydrogens is 206 g/mol. The Bertz CT molecular complexity index is 76.9. The van der Waals surface area contributed by atoms with Crippen molar-refractivity contribution in [3.63, 3.8) is 0 Å². The monoisotopic (exact) mass is 212 g/mol. The van der Waals surface area contributed by atoms with Crippen LogP contribution in [0.1, 0.15) is 0 Å². The van der Waals surface area contributed by atoms with Crippen LogP contribution in [0.3, 0.4) is 0 Å². The number of carboxylic acid groups (broad SMARTS) is 1. The van der Waals surface area contributed by atoms with Crippen LogP contribution in [-0.4, -0.2) is 28.8 Å². The zero-order chi connectivity index (χ0) is 5.86. The molecule has 0 aromatic carbocycles. The van der Waals surface area contributed by atoms with E-state index in [9.17, 15) is 4.79 Å². The Hall–Kier alpha value is 0.130. The van der Waals surface area contributed by atoms with Crippen molar-refractivity contribution in [3.8, 4) is 0 Å². The van der Waals surface area contributed by atoms with Gasteiger partial charge in [0.15, 0.2) is 0 Å². The van der Waals surface area contributed by atoms with Crippen LogP contribution in [0.15, 0.2) is 0 Å². The Kier molecular flexibility index (Phi) is 7.25. The third-order valence-corrected chi connectivity index (χ3v) is 0.514. The van der Waals surface area contributed by atoms with E-state index in [1.807, 2.05) is 0 Å². The molecule has 0 aliphatic rings. The number of hydrogen-bond acceptors (Lipinski definition) is 3. The Labute approximate surface area is 62.2 Å². The van der Waals surface area contributed by atoms with Crippen molar-refractivity contribution in [1.29, 1.82) is 0 Å². The second kappa shape index (κ2) is 5.27. The van der Waals surface area contributed by atoms with Crippen molar-refractivity contribution in [1.82, 2.24) is 0 Å². The number of nitrogens with two attached hydrogens (primary N) is 1. The van der Waals surface area contributed by atoms with Crippen molar-refractivity contribution < 1.29 is 37.4 Å². The Morgan fingerprint density at radius 3 is 2.12 bits per heavy atom. The van der Waals surface area contributed by atoms with Crippen LogP contribution < -0.4 is 5.73 Å². The van der Waals surface area contributed by atoms with Crippen molar-refractivity contribution in [3.05, 3.63) is 0 Å². The molecule has 4 N–H and O–H groups in total. The molecule has 0 bridgehead atoms. The molecule has 0 aliphatic carbocycles. The first-order valence-corrected chi connectivity index (χ1v) is 1.77. The first-order chi connectivity index (χ1) is 3.18. The van der Waals surface area contributed by atoms with E-state index in [1.165, 1.54) is 0 Å². The van der Waals surface area contributed by atoms with Gasteiger partial charge < -0.3 is 15.9 Å². The zero-order valence-electron chi connectivity index (χ0n) is 3.97. The van der Waals surface area contributed by atoms with Crippen molar-refractivity contribution in [2.75, 3.05) is 6.61 Å². The van der Waals surface area contributed by atoms with E-state index in [0.29, 0.717) is 0 Å². The normalized spacial score (nSPS) is 11.8. The van der Waals surface area contributed by atoms with E-state index in [2.05, 4.69) is 0 Å². The quantitative estimate of drug-likeness (QED) is 0.481. The number of carbonyl (C=O) groups is 1. The van der Waals surface area contributed by atoms with Gasteiger partial charge in [-0.15, -0.1) is 0 Å². The first kappa shape index (κ1) is 11.0. The summed E-state index contributed by atoms with van der Waals surface area (Å²) in [4.78, 5) is 9.65. The van der Waals surface area contributed by atoms with Gasteiger partial charge >= 0.3 is 5.97 Å². The number of hydrogen-bond donors (Lipinski definition) is 3. The van der Waals surface area contributed by atoms with Crippen LogP contribution in [0, 0.1) is 0 Å². The minimum Gasteiger partial charge on any atom is -0.480 e. The van der Waals surface area contributed by atoms with Gasteiger partial charge in [0, 0.05) is 22.4 Å². The second-order valence-electron chi connectivity index (χ2n) is 1.13. The molecule has 0 heterocycles. The van der Waals surface area contributed by atoms with Crippen LogP contribution in [0.25, 0.3) is 0 Å². The van der Waals surface area contributed by atoms with E-state index >= 15 is 0 Å². The van der Waals surface area contributed by atoms with Gasteiger partial charge in [0.1, 0.15) is 6.04 Å². The van der Waals surface area contributed by atoms with E-state index in [1.54, 1.807) is 0 Å². The standard InChI is InChI=1S/C3H7NO3.Ag/c4-2(1-5)3(6)7;/h2,5H,1,4H2,(H,6,7);/t2-;/m0./s1. The smallest absolute Gasteiger partial charge is 0.322 e. The molecular formula is C3H7AgNO3. The molecule has 0 aliphatic heterocycles. The van der Waals surface area contributed by atoms with E-state index < -0.39 is 18.6 Å². The average molecular weight is 213 g/mol. The van der Waals surface area contributed by atoms with Crippen LogP contribution in [0.5, 0.6) is 0 Å². The van der Waals surface area contributed by atoms with Crippen LogP contribution in [0.2, 0.25) is 0 Å². The topological polar surface area (TPSA) is 83.5 Å². The summed E-state index contributed by atoms with van der Waals surface area (Å²) in [5.41, 5.74) is 4.77. The minimum absolute atomic E-state index is 0. The molecule has 0 saturated carbocycles. The Morgan fingerprint density at radius 1 is 1.75 bits per heavy atom. The largest absolute Gasteiger partial charge is 0.480 e. The minimum atomic E-state index is -1.18. The maximum atomic E-state index is 9.65. The molecule has 53 valence electrons. The van der Waals surface area contributed by atoms with Gasteiger partial charge in [-0.25, -0.2) is 0 Å². The molecule has 0 amide bonds. The molecule has 4 nitrogen and oxygen atoms in total. The molecule has 8 heavy (non-hydrogen) atoms. The number of carboxylic acids is 1. The molecule has 5 heteroatoms. The summed E-state index contributed by atoms with van der Waals surface area (Å²) in [6.07, 6.45) is 0. The van der Waals surface area contributed by atoms with Gasteiger partial charge in [-0.1, -0.05) is 0 Å². The summed E-state index contributed by atoms with van der Waals surface area (Å²) >= 11 is 0. The predicted molar refractivity (Wildman–Crippen MR) is 22.7 cm³/mol. The molecule has 1 atom stereocenters. The molecule has 0 spiro atoms. The maximum absolute atomic E-state index is 9.65. The summed E-state index contributed by atoms with van der Waals surface area (Å²) < 4.78 is 0. The fraction of sp³-hybridized carbons (Fsp3) is 0.667. The first-order valence-electron chi connectivity index (χ1n) is 1.77. The Morgan fingerprint density at radius 2 is 2.12 bits per heavy atom. The molecule has 0 rings (SSSR count). The third-order valence-electron chi connectivity index (χ3n) is 0.514. The van der Waals surface area contributed by atoms with Crippen LogP contribution >= 0.6 is 0 Å². The van der Waals surface area contributed by atoms with Gasteiger partial charge in [0.25, 0.3) is 0 Å². The van der Waals surface area contributed by atoms with Gasteiger partial charge in [-0.05, 0) is 0 Å². The van der Waals surface area contributed by atoms with E-state index in [0.717, 1.165) is 0 Å².